The summed E-state index contributed by atoms with van der Waals surface area (Å²) in [7, 11) is 1.36. The van der Waals surface area contributed by atoms with Crippen molar-refractivity contribution in [3.05, 3.63) is 89.2 Å². The smallest absolute Gasteiger partial charge is 0.337 e. The molecule has 0 bridgehead atoms. The minimum absolute atomic E-state index is 0.0796. The molecule has 0 radical (unpaired) electrons. The molecule has 156 valence electrons. The molecule has 2 heterocycles. The van der Waals surface area contributed by atoms with Gasteiger partial charge in [-0.1, -0.05) is 29.8 Å². The summed E-state index contributed by atoms with van der Waals surface area (Å²) in [4.78, 5) is 20.6. The fourth-order valence-corrected chi connectivity index (χ4v) is 3.41. The number of pyridine rings is 2. The summed E-state index contributed by atoms with van der Waals surface area (Å²) in [5, 5.41) is 5.72. The normalized spacial score (nSPS) is 11.7. The molecule has 6 nitrogen and oxygen atoms in total. The van der Waals surface area contributed by atoms with Gasteiger partial charge in [-0.15, -0.1) is 0 Å². The van der Waals surface area contributed by atoms with Crippen molar-refractivity contribution in [3.63, 3.8) is 0 Å². The number of methoxy groups -OCH3 is 1. The lowest BCUT2D eigenvalue weighted by Gasteiger charge is -2.18. The number of fused-ring (bicyclic) bond motifs is 1. The first-order chi connectivity index (χ1) is 15.0. The first kappa shape index (κ1) is 20.6. The number of aromatic nitrogens is 2. The Morgan fingerprint density at radius 1 is 1.03 bits per heavy atom. The Morgan fingerprint density at radius 2 is 1.77 bits per heavy atom. The lowest BCUT2D eigenvalue weighted by molar-refractivity contribution is 0.0600. The Labute approximate surface area is 184 Å². The average molecular weight is 434 g/mol. The van der Waals surface area contributed by atoms with Crippen LogP contribution in [0.25, 0.3) is 10.8 Å². The number of carbonyl (C=O) groups is 1. The highest BCUT2D eigenvalue weighted by Crippen LogP contribution is 2.34. The molecule has 0 amide bonds. The van der Waals surface area contributed by atoms with Crippen molar-refractivity contribution in [1.29, 1.82) is 0 Å². The molecule has 1 atom stereocenters. The largest absolute Gasteiger partial charge is 0.465 e. The quantitative estimate of drug-likeness (QED) is 0.374. The summed E-state index contributed by atoms with van der Waals surface area (Å²) >= 11 is 6.08. The van der Waals surface area contributed by atoms with Gasteiger partial charge in [-0.3, -0.25) is 0 Å². The molecule has 0 unspecified atom stereocenters. The highest BCUT2D eigenvalue weighted by atomic mass is 35.5. The second-order valence-electron chi connectivity index (χ2n) is 6.91. The third-order valence-corrected chi connectivity index (χ3v) is 5.07. The van der Waals surface area contributed by atoms with Crippen LogP contribution in [0, 0.1) is 0 Å². The lowest BCUT2D eigenvalue weighted by atomic mass is 10.1. The molecule has 31 heavy (non-hydrogen) atoms. The van der Waals surface area contributed by atoms with Gasteiger partial charge in [-0.2, -0.15) is 0 Å². The summed E-state index contributed by atoms with van der Waals surface area (Å²) < 4.78 is 10.8. The van der Waals surface area contributed by atoms with Gasteiger partial charge >= 0.3 is 5.97 Å². The number of ether oxygens (including phenoxy) is 2. The van der Waals surface area contributed by atoms with Crippen molar-refractivity contribution in [2.45, 2.75) is 13.0 Å². The number of nitrogens with one attached hydrogen (secondary N) is 1. The van der Waals surface area contributed by atoms with Gasteiger partial charge < -0.3 is 14.8 Å². The maximum absolute atomic E-state index is 11.7. The fraction of sp³-hybridized carbons (Fsp3) is 0.125. The van der Waals surface area contributed by atoms with Crippen LogP contribution in [0.3, 0.4) is 0 Å². The van der Waals surface area contributed by atoms with E-state index in [1.807, 2.05) is 43.3 Å². The Kier molecular flexibility index (Phi) is 6.00. The van der Waals surface area contributed by atoms with Crippen LogP contribution in [0.15, 0.2) is 73.1 Å². The van der Waals surface area contributed by atoms with E-state index in [-0.39, 0.29) is 12.0 Å². The molecule has 0 fully saturated rings. The van der Waals surface area contributed by atoms with Gasteiger partial charge in [0.05, 0.1) is 18.1 Å². The zero-order valence-electron chi connectivity index (χ0n) is 17.0. The molecule has 0 saturated heterocycles. The molecule has 1 N–H and O–H groups in total. The molecule has 0 aliphatic carbocycles. The van der Waals surface area contributed by atoms with Crippen LogP contribution in [0.4, 0.5) is 5.82 Å². The fourth-order valence-electron chi connectivity index (χ4n) is 3.23. The Bertz CT molecular complexity index is 1220. The predicted molar refractivity (Wildman–Crippen MR) is 121 cm³/mol. The highest BCUT2D eigenvalue weighted by Gasteiger charge is 2.15. The van der Waals surface area contributed by atoms with Gasteiger partial charge in [0.1, 0.15) is 11.6 Å². The number of hydrogen-bond donors (Lipinski definition) is 1. The molecule has 0 saturated carbocycles. The Hall–Kier alpha value is -3.64. The molecule has 0 spiro atoms. The van der Waals surface area contributed by atoms with Gasteiger partial charge in [-0.25, -0.2) is 14.8 Å². The van der Waals surface area contributed by atoms with Crippen molar-refractivity contribution in [1.82, 2.24) is 9.97 Å². The van der Waals surface area contributed by atoms with E-state index in [1.165, 1.54) is 7.11 Å². The van der Waals surface area contributed by atoms with Gasteiger partial charge in [0, 0.05) is 23.5 Å². The van der Waals surface area contributed by atoms with E-state index in [0.29, 0.717) is 28.0 Å². The number of nitrogens with zero attached hydrogens (tertiary/aromatic N) is 2. The molecule has 0 aliphatic heterocycles. The zero-order chi connectivity index (χ0) is 21.8. The van der Waals surface area contributed by atoms with Gasteiger partial charge in [0.15, 0.2) is 0 Å². The molecule has 2 aromatic carbocycles. The summed E-state index contributed by atoms with van der Waals surface area (Å²) in [6.07, 6.45) is 3.43. The number of hydrogen-bond acceptors (Lipinski definition) is 6. The number of benzene rings is 2. The van der Waals surface area contributed by atoms with E-state index in [0.717, 1.165) is 16.3 Å². The van der Waals surface area contributed by atoms with Crippen molar-refractivity contribution in [3.8, 4) is 11.6 Å². The number of halogens is 1. The molecule has 7 heteroatoms. The van der Waals surface area contributed by atoms with Gasteiger partial charge in [0.25, 0.3) is 0 Å². The van der Waals surface area contributed by atoms with Crippen molar-refractivity contribution >= 4 is 34.2 Å². The molecule has 0 aliphatic rings. The van der Waals surface area contributed by atoms with Crippen LogP contribution in [-0.2, 0) is 4.74 Å². The summed E-state index contributed by atoms with van der Waals surface area (Å²) in [5.74, 6) is 1.31. The SMILES string of the molecule is COC(=O)c1ccc([C@H](C)Nc2nccc3ccnc(Oc4cccc(Cl)c4)c23)cc1. The highest BCUT2D eigenvalue weighted by molar-refractivity contribution is 6.30. The Balaban J connectivity index is 1.65. The van der Waals surface area contributed by atoms with Gasteiger partial charge in [-0.05, 0) is 60.3 Å². The maximum atomic E-state index is 11.7. The number of carbonyl (C=O) groups excluding carboxylic acids is 1. The van der Waals surface area contributed by atoms with E-state index in [1.54, 1.807) is 36.7 Å². The number of anilines is 1. The minimum Gasteiger partial charge on any atom is -0.465 e. The first-order valence-electron chi connectivity index (χ1n) is 9.67. The number of rotatable bonds is 6. The van der Waals surface area contributed by atoms with Crippen LogP contribution in [0.1, 0.15) is 28.9 Å². The van der Waals surface area contributed by atoms with E-state index in [4.69, 9.17) is 21.1 Å². The van der Waals surface area contributed by atoms with Gasteiger partial charge in [0.2, 0.25) is 5.88 Å². The summed E-state index contributed by atoms with van der Waals surface area (Å²) in [6, 6.07) is 18.1. The van der Waals surface area contributed by atoms with Crippen molar-refractivity contribution in [2.24, 2.45) is 0 Å². The summed E-state index contributed by atoms with van der Waals surface area (Å²) in [5.41, 5.74) is 1.50. The average Bonchev–Trinajstić information content (AvgIpc) is 2.79. The van der Waals surface area contributed by atoms with Crippen LogP contribution in [-0.4, -0.2) is 23.0 Å². The Morgan fingerprint density at radius 3 is 2.48 bits per heavy atom. The molecule has 4 rings (SSSR count). The minimum atomic E-state index is -0.364. The monoisotopic (exact) mass is 433 g/mol. The van der Waals surface area contributed by atoms with Crippen LogP contribution >= 0.6 is 11.6 Å². The van der Waals surface area contributed by atoms with E-state index < -0.39 is 0 Å². The summed E-state index contributed by atoms with van der Waals surface area (Å²) in [6.45, 7) is 2.02. The number of esters is 1. The van der Waals surface area contributed by atoms with Crippen molar-refractivity contribution in [2.75, 3.05) is 12.4 Å². The van der Waals surface area contributed by atoms with Crippen molar-refractivity contribution < 1.29 is 14.3 Å². The molecule has 2 aromatic heterocycles. The predicted octanol–water partition coefficient (Wildman–Crippen LogP) is 6.04. The third kappa shape index (κ3) is 4.59. The van der Waals surface area contributed by atoms with Crippen LogP contribution < -0.4 is 10.1 Å². The second kappa shape index (κ2) is 9.02. The van der Waals surface area contributed by atoms with Crippen LogP contribution in [0.2, 0.25) is 5.02 Å². The van der Waals surface area contributed by atoms with Crippen LogP contribution in [0.5, 0.6) is 11.6 Å². The third-order valence-electron chi connectivity index (χ3n) is 4.84. The van der Waals surface area contributed by atoms with E-state index in [9.17, 15) is 4.79 Å². The zero-order valence-corrected chi connectivity index (χ0v) is 17.8. The molecular formula is C24H20ClN3O3. The van der Waals surface area contributed by atoms with E-state index in [2.05, 4.69) is 15.3 Å². The first-order valence-corrected chi connectivity index (χ1v) is 10.0. The topological polar surface area (TPSA) is 73.3 Å². The van der Waals surface area contributed by atoms with E-state index >= 15 is 0 Å². The molecular weight excluding hydrogens is 414 g/mol. The maximum Gasteiger partial charge on any atom is 0.337 e. The standard InChI is InChI=1S/C24H20ClN3O3/c1-15(16-6-8-18(9-7-16)24(29)30-2)28-22-21-17(10-12-26-22)11-13-27-23(21)31-20-5-3-4-19(25)14-20/h3-15H,1-2H3,(H,26,28)/t15-/m0/s1. The lowest BCUT2D eigenvalue weighted by Crippen LogP contribution is -2.09. The molecule has 4 aromatic rings. The second-order valence-corrected chi connectivity index (χ2v) is 7.35.